The fourth-order valence-corrected chi connectivity index (χ4v) is 2.98. The van der Waals surface area contributed by atoms with Crippen LogP contribution in [0.25, 0.3) is 17.4 Å². The van der Waals surface area contributed by atoms with Crippen molar-refractivity contribution in [2.75, 3.05) is 0 Å². The minimum absolute atomic E-state index is 0.0267. The van der Waals surface area contributed by atoms with Gasteiger partial charge in [-0.05, 0) is 30.3 Å². The summed E-state index contributed by atoms with van der Waals surface area (Å²) in [4.78, 5) is 24.8. The lowest BCUT2D eigenvalue weighted by Crippen LogP contribution is -2.04. The molecule has 3 aromatic rings. The molecular formula is C21H11F3O3. The summed E-state index contributed by atoms with van der Waals surface area (Å²) < 4.78 is 44.1. The molecule has 6 heteroatoms. The van der Waals surface area contributed by atoms with Crippen molar-refractivity contribution in [3.8, 4) is 11.3 Å². The first-order valence-electron chi connectivity index (χ1n) is 8.02. The average molecular weight is 368 g/mol. The molecule has 0 spiro atoms. The summed E-state index contributed by atoms with van der Waals surface area (Å²) in [6.07, 6.45) is -3.14. The van der Waals surface area contributed by atoms with Crippen LogP contribution in [-0.2, 0) is 6.18 Å². The van der Waals surface area contributed by atoms with Gasteiger partial charge < -0.3 is 4.42 Å². The second-order valence-electron chi connectivity index (χ2n) is 6.04. The van der Waals surface area contributed by atoms with Crippen LogP contribution in [0.2, 0.25) is 0 Å². The minimum Gasteiger partial charge on any atom is -0.457 e. The van der Waals surface area contributed by atoms with E-state index in [0.717, 1.165) is 12.1 Å². The molecule has 4 rings (SSSR count). The summed E-state index contributed by atoms with van der Waals surface area (Å²) in [5, 5.41) is 0. The molecular weight excluding hydrogens is 357 g/mol. The standard InChI is InChI=1S/C21H11F3O3/c22-21(23,24)13-5-3-4-12(10-13)18-9-8-14(27-18)11-17-19(25)15-6-1-2-7-16(15)20(17)26/h1-11H. The number of benzene rings is 2. The SMILES string of the molecule is O=C1C(=Cc2ccc(-c3cccc(C(F)(F)F)c3)o2)C(=O)c2ccccc21. The molecule has 2 aromatic carbocycles. The third kappa shape index (κ3) is 2.99. The van der Waals surface area contributed by atoms with Crippen molar-refractivity contribution in [3.05, 3.63) is 88.7 Å². The number of halogens is 3. The van der Waals surface area contributed by atoms with Crippen LogP contribution in [0.15, 0.2) is 70.7 Å². The van der Waals surface area contributed by atoms with Crippen LogP contribution in [0.1, 0.15) is 32.0 Å². The summed E-state index contributed by atoms with van der Waals surface area (Å²) in [6.45, 7) is 0. The largest absolute Gasteiger partial charge is 0.457 e. The fraction of sp³-hybridized carbons (Fsp3) is 0.0476. The van der Waals surface area contributed by atoms with Gasteiger partial charge in [-0.15, -0.1) is 0 Å². The highest BCUT2D eigenvalue weighted by molar-refractivity contribution is 6.41. The van der Waals surface area contributed by atoms with Crippen molar-refractivity contribution in [1.82, 2.24) is 0 Å². The highest BCUT2D eigenvalue weighted by Gasteiger charge is 2.33. The molecule has 1 heterocycles. The van der Waals surface area contributed by atoms with Gasteiger partial charge >= 0.3 is 6.18 Å². The van der Waals surface area contributed by atoms with Gasteiger partial charge in [0.15, 0.2) is 11.6 Å². The second-order valence-corrected chi connectivity index (χ2v) is 6.04. The number of rotatable bonds is 2. The molecule has 0 saturated heterocycles. The third-order valence-corrected chi connectivity index (χ3v) is 4.29. The Morgan fingerprint density at radius 2 is 1.48 bits per heavy atom. The van der Waals surface area contributed by atoms with E-state index in [-0.39, 0.29) is 22.7 Å². The van der Waals surface area contributed by atoms with E-state index in [0.29, 0.717) is 11.1 Å². The summed E-state index contributed by atoms with van der Waals surface area (Å²) >= 11 is 0. The monoisotopic (exact) mass is 368 g/mol. The number of furan rings is 1. The Morgan fingerprint density at radius 3 is 2.11 bits per heavy atom. The van der Waals surface area contributed by atoms with E-state index >= 15 is 0 Å². The molecule has 0 N–H and O–H groups in total. The summed E-state index contributed by atoms with van der Waals surface area (Å²) in [5.41, 5.74) is 0.104. The van der Waals surface area contributed by atoms with Gasteiger partial charge in [0.1, 0.15) is 11.5 Å². The van der Waals surface area contributed by atoms with Crippen molar-refractivity contribution in [1.29, 1.82) is 0 Å². The molecule has 0 atom stereocenters. The quantitative estimate of drug-likeness (QED) is 0.448. The Kier molecular flexibility index (Phi) is 3.84. The number of carbonyl (C=O) groups excluding carboxylic acids is 2. The van der Waals surface area contributed by atoms with E-state index in [1.54, 1.807) is 24.3 Å². The predicted octanol–water partition coefficient (Wildman–Crippen LogP) is 5.43. The van der Waals surface area contributed by atoms with Crippen molar-refractivity contribution < 1.29 is 27.2 Å². The number of hydrogen-bond donors (Lipinski definition) is 0. The van der Waals surface area contributed by atoms with Gasteiger partial charge in [0, 0.05) is 16.7 Å². The first kappa shape index (κ1) is 17.0. The molecule has 1 aromatic heterocycles. The highest BCUT2D eigenvalue weighted by atomic mass is 19.4. The van der Waals surface area contributed by atoms with Crippen molar-refractivity contribution in [2.24, 2.45) is 0 Å². The van der Waals surface area contributed by atoms with Crippen LogP contribution in [-0.4, -0.2) is 11.6 Å². The maximum absolute atomic E-state index is 12.9. The lowest BCUT2D eigenvalue weighted by molar-refractivity contribution is -0.137. The molecule has 0 unspecified atom stereocenters. The molecule has 0 fully saturated rings. The zero-order valence-electron chi connectivity index (χ0n) is 13.7. The van der Waals surface area contributed by atoms with Crippen molar-refractivity contribution >= 4 is 17.6 Å². The number of ketones is 2. The zero-order valence-corrected chi connectivity index (χ0v) is 13.7. The van der Waals surface area contributed by atoms with Crippen molar-refractivity contribution in [3.63, 3.8) is 0 Å². The van der Waals surface area contributed by atoms with Crippen LogP contribution in [0.3, 0.4) is 0 Å². The minimum atomic E-state index is -4.46. The molecule has 0 amide bonds. The maximum Gasteiger partial charge on any atom is 0.416 e. The lowest BCUT2D eigenvalue weighted by Gasteiger charge is -2.07. The molecule has 1 aliphatic rings. The molecule has 0 saturated carbocycles. The topological polar surface area (TPSA) is 47.3 Å². The second kappa shape index (κ2) is 6.09. The zero-order chi connectivity index (χ0) is 19.2. The van der Waals surface area contributed by atoms with E-state index in [9.17, 15) is 22.8 Å². The summed E-state index contributed by atoms with van der Waals surface area (Å²) in [6, 6.07) is 14.2. The van der Waals surface area contributed by atoms with Gasteiger partial charge in [0.2, 0.25) is 0 Å². The molecule has 27 heavy (non-hydrogen) atoms. The summed E-state index contributed by atoms with van der Waals surface area (Å²) in [7, 11) is 0. The Morgan fingerprint density at radius 1 is 0.815 bits per heavy atom. The first-order chi connectivity index (χ1) is 12.8. The van der Waals surface area contributed by atoms with Gasteiger partial charge in [0.25, 0.3) is 0 Å². The molecule has 0 radical (unpaired) electrons. The number of carbonyl (C=O) groups is 2. The number of allylic oxidation sites excluding steroid dienone is 1. The third-order valence-electron chi connectivity index (χ3n) is 4.29. The van der Waals surface area contributed by atoms with E-state index in [4.69, 9.17) is 4.42 Å². The number of hydrogen-bond acceptors (Lipinski definition) is 3. The lowest BCUT2D eigenvalue weighted by atomic mass is 10.1. The number of fused-ring (bicyclic) bond motifs is 1. The van der Waals surface area contributed by atoms with Crippen molar-refractivity contribution in [2.45, 2.75) is 6.18 Å². The molecule has 1 aliphatic carbocycles. The molecule has 0 bridgehead atoms. The van der Waals surface area contributed by atoms with E-state index < -0.39 is 23.3 Å². The van der Waals surface area contributed by atoms with E-state index in [1.807, 2.05) is 0 Å². The normalized spacial score (nSPS) is 13.8. The highest BCUT2D eigenvalue weighted by Crippen LogP contribution is 2.33. The molecule has 134 valence electrons. The van der Waals surface area contributed by atoms with Crippen LogP contribution in [0, 0.1) is 0 Å². The number of alkyl halides is 3. The first-order valence-corrected chi connectivity index (χ1v) is 8.02. The Bertz CT molecular complexity index is 1070. The molecule has 3 nitrogen and oxygen atoms in total. The van der Waals surface area contributed by atoms with E-state index in [1.165, 1.54) is 30.3 Å². The Balaban J connectivity index is 1.68. The number of Topliss-reactive ketones (excluding diaryl/α,β-unsaturated/α-hetero) is 2. The van der Waals surface area contributed by atoms with Crippen LogP contribution >= 0.6 is 0 Å². The maximum atomic E-state index is 12.9. The van der Waals surface area contributed by atoms with Crippen LogP contribution < -0.4 is 0 Å². The van der Waals surface area contributed by atoms with Crippen LogP contribution in [0.5, 0.6) is 0 Å². The predicted molar refractivity (Wildman–Crippen MR) is 92.2 cm³/mol. The summed E-state index contributed by atoms with van der Waals surface area (Å²) in [5.74, 6) is -0.365. The van der Waals surface area contributed by atoms with E-state index in [2.05, 4.69) is 0 Å². The average Bonchev–Trinajstić information content (AvgIpc) is 3.21. The van der Waals surface area contributed by atoms with Gasteiger partial charge in [0.05, 0.1) is 11.1 Å². The Labute approximate surface area is 151 Å². The van der Waals surface area contributed by atoms with Crippen LogP contribution in [0.4, 0.5) is 13.2 Å². The van der Waals surface area contributed by atoms with Gasteiger partial charge in [-0.3, -0.25) is 9.59 Å². The van der Waals surface area contributed by atoms with Gasteiger partial charge in [-0.25, -0.2) is 0 Å². The fourth-order valence-electron chi connectivity index (χ4n) is 2.98. The molecule has 0 aliphatic heterocycles. The Hall–Kier alpha value is -3.41. The van der Waals surface area contributed by atoms with Gasteiger partial charge in [-0.2, -0.15) is 13.2 Å². The van der Waals surface area contributed by atoms with Gasteiger partial charge in [-0.1, -0.05) is 36.4 Å². The smallest absolute Gasteiger partial charge is 0.416 e.